The minimum absolute atomic E-state index is 0.629. The topological polar surface area (TPSA) is 66.4 Å². The second kappa shape index (κ2) is 8.63. The van der Waals surface area contributed by atoms with Crippen LogP contribution in [0.1, 0.15) is 19.8 Å². The lowest BCUT2D eigenvalue weighted by atomic mass is 9.94. The lowest BCUT2D eigenvalue weighted by Gasteiger charge is -2.39. The van der Waals surface area contributed by atoms with E-state index < -0.39 is 58.1 Å². The summed E-state index contributed by atoms with van der Waals surface area (Å²) in [5.41, 5.74) is 0. The van der Waals surface area contributed by atoms with Crippen LogP contribution in [0.4, 0.5) is 48.3 Å². The number of hydrogen-bond donors (Lipinski definition) is 2. The van der Waals surface area contributed by atoms with Crippen molar-refractivity contribution in [1.29, 1.82) is 0 Å². The molecule has 1 unspecified atom stereocenters. The molecule has 0 aliphatic rings. The van der Waals surface area contributed by atoms with Gasteiger partial charge in [0.15, 0.2) is 6.17 Å². The number of rotatable bonds is 8. The van der Waals surface area contributed by atoms with Crippen LogP contribution in [0.25, 0.3) is 0 Å². The van der Waals surface area contributed by atoms with Crippen LogP contribution in [0.5, 0.6) is 0 Å². The molecule has 0 aliphatic heterocycles. The highest BCUT2D eigenvalue weighted by molar-refractivity contribution is 7.87. The Bertz CT molecular complexity index is 580. The van der Waals surface area contributed by atoms with Crippen molar-refractivity contribution in [2.24, 2.45) is 0 Å². The zero-order valence-corrected chi connectivity index (χ0v) is 14.6. The molecule has 0 spiro atoms. The van der Waals surface area contributed by atoms with Gasteiger partial charge in [0.2, 0.25) is 0 Å². The van der Waals surface area contributed by atoms with Gasteiger partial charge in [0.1, 0.15) is 0 Å². The summed E-state index contributed by atoms with van der Waals surface area (Å²) < 4.78 is 171. The van der Waals surface area contributed by atoms with Crippen LogP contribution >= 0.6 is 0 Å². The molecule has 0 radical (unpaired) electrons. The van der Waals surface area contributed by atoms with Crippen molar-refractivity contribution < 1.29 is 61.3 Å². The van der Waals surface area contributed by atoms with Crippen LogP contribution in [0.15, 0.2) is 0 Å². The SMILES string of the molecule is CCCC(F)C(F)(F)C(F)(F)C(F)(F)C(F)(F)C(F)(F)S(=O)(=O)O.CNC. The van der Waals surface area contributed by atoms with Gasteiger partial charge in [-0.1, -0.05) is 13.3 Å². The first-order valence-electron chi connectivity index (χ1n) is 6.73. The molecule has 1 atom stereocenters. The number of alkyl halides is 11. The number of hydrogen-bond acceptors (Lipinski definition) is 3. The average Bonchev–Trinajstić information content (AvgIpc) is 2.46. The molecule has 27 heavy (non-hydrogen) atoms. The largest absolute Gasteiger partial charge is 0.438 e. The third kappa shape index (κ3) is 4.75. The smallest absolute Gasteiger partial charge is 0.323 e. The highest BCUT2D eigenvalue weighted by Crippen LogP contribution is 2.59. The first-order valence-corrected chi connectivity index (χ1v) is 8.17. The van der Waals surface area contributed by atoms with E-state index in [9.17, 15) is 56.7 Å². The van der Waals surface area contributed by atoms with Crippen LogP contribution < -0.4 is 5.32 Å². The maximum absolute atomic E-state index is 13.1. The lowest BCUT2D eigenvalue weighted by molar-refractivity contribution is -0.397. The number of halogens is 11. The maximum atomic E-state index is 13.1. The molecule has 0 heterocycles. The molecule has 0 aromatic carbocycles. The van der Waals surface area contributed by atoms with E-state index in [1.54, 1.807) is 0 Å². The molecule has 0 rings (SSSR count). The van der Waals surface area contributed by atoms with E-state index >= 15 is 0 Å². The van der Waals surface area contributed by atoms with Crippen molar-refractivity contribution in [3.63, 3.8) is 0 Å². The molecule has 4 nitrogen and oxygen atoms in total. The summed E-state index contributed by atoms with van der Waals surface area (Å²) in [6.45, 7) is 0.931. The summed E-state index contributed by atoms with van der Waals surface area (Å²) in [6, 6.07) is 0. The van der Waals surface area contributed by atoms with Gasteiger partial charge < -0.3 is 5.32 Å². The van der Waals surface area contributed by atoms with Crippen LogP contribution in [-0.4, -0.2) is 62.2 Å². The van der Waals surface area contributed by atoms with Crippen LogP contribution in [0.2, 0.25) is 0 Å². The van der Waals surface area contributed by atoms with E-state index in [1.807, 2.05) is 14.1 Å². The highest BCUT2D eigenvalue weighted by Gasteiger charge is 2.89. The fraction of sp³-hybridized carbons (Fsp3) is 1.00. The molecule has 0 aromatic rings. The molecule has 0 saturated heterocycles. The van der Waals surface area contributed by atoms with E-state index in [4.69, 9.17) is 4.55 Å². The Morgan fingerprint density at radius 2 is 1.19 bits per heavy atom. The van der Waals surface area contributed by atoms with E-state index in [2.05, 4.69) is 5.32 Å². The van der Waals surface area contributed by atoms with Gasteiger partial charge in [-0.05, 0) is 20.5 Å². The zero-order valence-electron chi connectivity index (χ0n) is 13.8. The van der Waals surface area contributed by atoms with Gasteiger partial charge in [0, 0.05) is 0 Å². The van der Waals surface area contributed by atoms with Gasteiger partial charge in [-0.25, -0.2) is 4.39 Å². The first kappa shape index (κ1) is 28.3. The second-order valence-corrected chi connectivity index (χ2v) is 6.56. The summed E-state index contributed by atoms with van der Waals surface area (Å²) in [4.78, 5) is 0. The van der Waals surface area contributed by atoms with Gasteiger partial charge in [-0.2, -0.15) is 52.3 Å². The van der Waals surface area contributed by atoms with E-state index in [0.29, 0.717) is 0 Å². The Hall–Kier alpha value is -0.900. The monoisotopic (exact) mass is 451 g/mol. The normalized spacial score (nSPS) is 15.8. The third-order valence-electron chi connectivity index (χ3n) is 2.83. The van der Waals surface area contributed by atoms with Crippen molar-refractivity contribution in [1.82, 2.24) is 5.32 Å². The highest BCUT2D eigenvalue weighted by atomic mass is 32.2. The van der Waals surface area contributed by atoms with E-state index in [0.717, 1.165) is 6.92 Å². The molecule has 0 aromatic heterocycles. The predicted octanol–water partition coefficient (Wildman–Crippen LogP) is 3.98. The summed E-state index contributed by atoms with van der Waals surface area (Å²) in [7, 11) is -3.66. The molecule has 2 N–H and O–H groups in total. The lowest BCUT2D eigenvalue weighted by Crippen LogP contribution is -2.70. The van der Waals surface area contributed by atoms with Crippen LogP contribution in [0.3, 0.4) is 0 Å². The fourth-order valence-electron chi connectivity index (χ4n) is 1.38. The van der Waals surface area contributed by atoms with Gasteiger partial charge in [0.05, 0.1) is 0 Å². The third-order valence-corrected chi connectivity index (χ3v) is 3.74. The Morgan fingerprint density at radius 3 is 1.44 bits per heavy atom. The van der Waals surface area contributed by atoms with Crippen LogP contribution in [-0.2, 0) is 10.1 Å². The molecule has 0 bridgehead atoms. The van der Waals surface area contributed by atoms with E-state index in [1.165, 1.54) is 0 Å². The zero-order chi connectivity index (χ0) is 22.7. The molecular formula is C11H16F11NO3S. The Labute approximate surface area is 146 Å². The number of nitrogens with one attached hydrogen (secondary N) is 1. The molecule has 0 amide bonds. The fourth-order valence-corrected chi connectivity index (χ4v) is 1.83. The summed E-state index contributed by atoms with van der Waals surface area (Å²) in [5.74, 6) is -29.4. The van der Waals surface area contributed by atoms with Crippen molar-refractivity contribution in [3.05, 3.63) is 0 Å². The quantitative estimate of drug-likeness (QED) is 0.433. The Morgan fingerprint density at radius 1 is 0.852 bits per heavy atom. The van der Waals surface area contributed by atoms with Crippen LogP contribution in [0, 0.1) is 0 Å². The molecule has 166 valence electrons. The summed E-state index contributed by atoms with van der Waals surface area (Å²) >= 11 is 0. The standard InChI is InChI=1S/C9H9F11O3S.C2H7N/c1-2-3-4(10)5(11,12)6(13,14)7(15,16)8(17,18)9(19,20)24(21,22)23;1-3-2/h4H,2-3H2,1H3,(H,21,22,23);3H,1-2H3. The van der Waals surface area contributed by atoms with E-state index in [-0.39, 0.29) is 0 Å². The molecular weight excluding hydrogens is 435 g/mol. The summed E-state index contributed by atoms with van der Waals surface area (Å²) in [6.07, 6.45) is -6.27. The van der Waals surface area contributed by atoms with Gasteiger partial charge >= 0.3 is 39.1 Å². The van der Waals surface area contributed by atoms with Crippen molar-refractivity contribution in [2.75, 3.05) is 14.1 Å². The molecule has 0 fully saturated rings. The van der Waals surface area contributed by atoms with Gasteiger partial charge in [0.25, 0.3) is 0 Å². The van der Waals surface area contributed by atoms with Gasteiger partial charge in [-0.15, -0.1) is 0 Å². The van der Waals surface area contributed by atoms with Gasteiger partial charge in [-0.3, -0.25) is 4.55 Å². The second-order valence-electron chi connectivity index (χ2n) is 5.09. The minimum Gasteiger partial charge on any atom is -0.323 e. The molecule has 0 saturated carbocycles. The minimum atomic E-state index is -7.75. The van der Waals surface area contributed by atoms with Crippen molar-refractivity contribution in [2.45, 2.75) is 54.9 Å². The summed E-state index contributed by atoms with van der Waals surface area (Å²) in [5, 5.41) is -4.51. The Balaban J connectivity index is 0. The predicted molar refractivity (Wildman–Crippen MR) is 71.1 cm³/mol. The molecule has 0 aliphatic carbocycles. The van der Waals surface area contributed by atoms with Crippen molar-refractivity contribution in [3.8, 4) is 0 Å². The maximum Gasteiger partial charge on any atom is 0.438 e. The first-order chi connectivity index (χ1) is 11.6. The molecule has 16 heteroatoms. The van der Waals surface area contributed by atoms with Crippen molar-refractivity contribution >= 4 is 10.1 Å². The average molecular weight is 451 g/mol. The Kier molecular flexibility index (Phi) is 9.05.